The van der Waals surface area contributed by atoms with Crippen molar-refractivity contribution in [3.8, 4) is 0 Å². The number of nitrogens with one attached hydrogen (secondary N) is 1. The first-order valence-corrected chi connectivity index (χ1v) is 6.58. The highest BCUT2D eigenvalue weighted by molar-refractivity contribution is 6.43. The molecule has 1 N–H and O–H groups in total. The van der Waals surface area contributed by atoms with Crippen LogP contribution in [0.4, 0.5) is 5.69 Å². The van der Waals surface area contributed by atoms with Gasteiger partial charge in [0, 0.05) is 5.56 Å². The average molecular weight is 296 g/mol. The van der Waals surface area contributed by atoms with Gasteiger partial charge in [-0.15, -0.1) is 0 Å². The summed E-state index contributed by atoms with van der Waals surface area (Å²) in [6.45, 7) is -0.460. The van der Waals surface area contributed by atoms with Crippen molar-refractivity contribution in [1.29, 1.82) is 0 Å². The van der Waals surface area contributed by atoms with Gasteiger partial charge in [-0.25, -0.2) is 9.59 Å². The number of ether oxygens (including phenoxy) is 2. The molecular weight excluding hydrogens is 284 g/mol. The van der Waals surface area contributed by atoms with Gasteiger partial charge in [-0.05, 0) is 12.1 Å². The van der Waals surface area contributed by atoms with Crippen molar-refractivity contribution >= 4 is 23.3 Å². The number of cyclic esters (lactones) is 2. The summed E-state index contributed by atoms with van der Waals surface area (Å²) >= 11 is 0. The average Bonchev–Trinajstić information content (AvgIpc) is 2.56. The van der Waals surface area contributed by atoms with Gasteiger partial charge in [0.25, 0.3) is 0 Å². The summed E-state index contributed by atoms with van der Waals surface area (Å²) in [6, 6.07) is 15.6. The van der Waals surface area contributed by atoms with Gasteiger partial charge in [0.05, 0.1) is 11.3 Å². The first-order valence-electron chi connectivity index (χ1n) is 6.58. The highest BCUT2D eigenvalue weighted by atomic mass is 16.7. The zero-order valence-corrected chi connectivity index (χ0v) is 11.5. The smallest absolute Gasteiger partial charge is 0.362 e. The molecule has 2 aromatic carbocycles. The summed E-state index contributed by atoms with van der Waals surface area (Å²) in [5.74, 6) is -1.26. The molecule has 0 saturated heterocycles. The standard InChI is InChI=1S/C16H12N2O4/c19-15-12-8-4-5-9-13(12)17-18-14(16(20)22-10-21-15)11-6-2-1-3-7-11/h1-9,17H,10H2/b18-14-. The lowest BCUT2D eigenvalue weighted by molar-refractivity contribution is -0.143. The third-order valence-electron chi connectivity index (χ3n) is 3.06. The minimum atomic E-state index is -0.675. The summed E-state index contributed by atoms with van der Waals surface area (Å²) in [5, 5.41) is 4.10. The van der Waals surface area contributed by atoms with Crippen molar-refractivity contribution in [2.45, 2.75) is 0 Å². The van der Waals surface area contributed by atoms with Crippen LogP contribution in [-0.2, 0) is 14.3 Å². The maximum Gasteiger partial charge on any atom is 0.362 e. The normalized spacial score (nSPS) is 17.2. The molecule has 0 radical (unpaired) electrons. The van der Waals surface area contributed by atoms with E-state index in [1.807, 2.05) is 6.07 Å². The molecule has 0 spiro atoms. The van der Waals surface area contributed by atoms with Gasteiger partial charge in [-0.3, -0.25) is 5.43 Å². The van der Waals surface area contributed by atoms with Gasteiger partial charge >= 0.3 is 11.9 Å². The molecule has 1 aliphatic heterocycles. The number of fused-ring (bicyclic) bond motifs is 1. The number of carbonyl (C=O) groups is 2. The summed E-state index contributed by atoms with van der Waals surface area (Å²) in [5.41, 5.74) is 4.21. The van der Waals surface area contributed by atoms with Crippen LogP contribution in [-0.4, -0.2) is 24.4 Å². The number of para-hydroxylation sites is 1. The first kappa shape index (κ1) is 13.8. The van der Waals surface area contributed by atoms with Gasteiger partial charge < -0.3 is 9.47 Å². The molecular formula is C16H12N2O4. The molecule has 1 heterocycles. The van der Waals surface area contributed by atoms with E-state index in [9.17, 15) is 9.59 Å². The highest BCUT2D eigenvalue weighted by Gasteiger charge is 2.20. The number of esters is 2. The Kier molecular flexibility index (Phi) is 3.82. The summed E-state index contributed by atoms with van der Waals surface area (Å²) < 4.78 is 9.84. The lowest BCUT2D eigenvalue weighted by Gasteiger charge is -2.13. The number of carbonyl (C=O) groups excluding carboxylic acids is 2. The fourth-order valence-corrected chi connectivity index (χ4v) is 1.98. The van der Waals surface area contributed by atoms with Gasteiger partial charge in [-0.1, -0.05) is 42.5 Å². The molecule has 110 valence electrons. The molecule has 0 fully saturated rings. The third kappa shape index (κ3) is 2.80. The number of hydrogen-bond donors (Lipinski definition) is 1. The summed E-state index contributed by atoms with van der Waals surface area (Å²) in [7, 11) is 0. The van der Waals surface area contributed by atoms with Crippen molar-refractivity contribution in [1.82, 2.24) is 0 Å². The number of benzene rings is 2. The Morgan fingerprint density at radius 3 is 2.36 bits per heavy atom. The van der Waals surface area contributed by atoms with Crippen molar-refractivity contribution in [2.75, 3.05) is 12.2 Å². The van der Waals surface area contributed by atoms with Crippen molar-refractivity contribution in [2.24, 2.45) is 5.10 Å². The minimum Gasteiger partial charge on any atom is -0.424 e. The number of hydrazone groups is 1. The fraction of sp³-hybridized carbons (Fsp3) is 0.0625. The second-order valence-electron chi connectivity index (χ2n) is 4.47. The molecule has 1 aliphatic rings. The molecule has 0 saturated carbocycles. The van der Waals surface area contributed by atoms with Crippen molar-refractivity contribution in [3.63, 3.8) is 0 Å². The van der Waals surface area contributed by atoms with E-state index in [4.69, 9.17) is 9.47 Å². The SMILES string of the molecule is O=C1OCOC(=O)c2ccccc2N/N=C\1c1ccccc1. The Labute approximate surface area is 126 Å². The van der Waals surface area contributed by atoms with Gasteiger partial charge in [-0.2, -0.15) is 5.10 Å². The molecule has 0 atom stereocenters. The second kappa shape index (κ2) is 6.09. The largest absolute Gasteiger partial charge is 0.424 e. The van der Waals surface area contributed by atoms with E-state index in [2.05, 4.69) is 10.5 Å². The molecule has 22 heavy (non-hydrogen) atoms. The molecule has 0 aliphatic carbocycles. The Balaban J connectivity index is 2.03. The van der Waals surface area contributed by atoms with Crippen LogP contribution in [0.5, 0.6) is 0 Å². The monoisotopic (exact) mass is 296 g/mol. The second-order valence-corrected chi connectivity index (χ2v) is 4.47. The van der Waals surface area contributed by atoms with Gasteiger partial charge in [0.1, 0.15) is 0 Å². The van der Waals surface area contributed by atoms with Crippen LogP contribution in [0.2, 0.25) is 0 Å². The fourth-order valence-electron chi connectivity index (χ4n) is 1.98. The maximum absolute atomic E-state index is 12.1. The highest BCUT2D eigenvalue weighted by Crippen LogP contribution is 2.17. The minimum absolute atomic E-state index is 0.105. The summed E-state index contributed by atoms with van der Waals surface area (Å²) in [4.78, 5) is 23.9. The molecule has 0 bridgehead atoms. The van der Waals surface area contributed by atoms with Crippen LogP contribution in [0.1, 0.15) is 15.9 Å². The first-order chi connectivity index (χ1) is 10.8. The Bertz CT molecular complexity index is 741. The Morgan fingerprint density at radius 2 is 1.55 bits per heavy atom. The van der Waals surface area contributed by atoms with E-state index in [0.717, 1.165) is 0 Å². The maximum atomic E-state index is 12.1. The summed E-state index contributed by atoms with van der Waals surface area (Å²) in [6.07, 6.45) is 0. The molecule has 0 aromatic heterocycles. The number of hydrogen-bond acceptors (Lipinski definition) is 6. The zero-order valence-electron chi connectivity index (χ0n) is 11.5. The quantitative estimate of drug-likeness (QED) is 0.816. The van der Waals surface area contributed by atoms with Crippen LogP contribution >= 0.6 is 0 Å². The molecule has 0 unspecified atom stereocenters. The molecule has 6 nitrogen and oxygen atoms in total. The van der Waals surface area contributed by atoms with E-state index in [0.29, 0.717) is 16.8 Å². The van der Waals surface area contributed by atoms with Crippen molar-refractivity contribution < 1.29 is 19.1 Å². The Morgan fingerprint density at radius 1 is 0.864 bits per heavy atom. The van der Waals surface area contributed by atoms with Crippen LogP contribution in [0, 0.1) is 0 Å². The molecule has 0 amide bonds. The van der Waals surface area contributed by atoms with Crippen LogP contribution in [0.25, 0.3) is 0 Å². The predicted octanol–water partition coefficient (Wildman–Crippen LogP) is 2.17. The lowest BCUT2D eigenvalue weighted by Crippen LogP contribution is -2.24. The van der Waals surface area contributed by atoms with E-state index in [1.54, 1.807) is 48.5 Å². The van der Waals surface area contributed by atoms with E-state index < -0.39 is 18.7 Å². The molecule has 2 aromatic rings. The number of rotatable bonds is 1. The molecule has 3 rings (SSSR count). The van der Waals surface area contributed by atoms with E-state index in [-0.39, 0.29) is 5.71 Å². The Hall–Kier alpha value is -3.15. The molecule has 6 heteroatoms. The van der Waals surface area contributed by atoms with Gasteiger partial charge in [0.15, 0.2) is 5.71 Å². The lowest BCUT2D eigenvalue weighted by atomic mass is 10.1. The zero-order chi connectivity index (χ0) is 15.4. The predicted molar refractivity (Wildman–Crippen MR) is 79.4 cm³/mol. The topological polar surface area (TPSA) is 77.0 Å². The van der Waals surface area contributed by atoms with Crippen molar-refractivity contribution in [3.05, 3.63) is 65.7 Å². The van der Waals surface area contributed by atoms with Crippen LogP contribution in [0.15, 0.2) is 59.7 Å². The number of anilines is 1. The third-order valence-corrected chi connectivity index (χ3v) is 3.06. The van der Waals surface area contributed by atoms with Crippen LogP contribution < -0.4 is 5.43 Å². The van der Waals surface area contributed by atoms with E-state index >= 15 is 0 Å². The van der Waals surface area contributed by atoms with E-state index in [1.165, 1.54) is 0 Å². The van der Waals surface area contributed by atoms with Crippen LogP contribution in [0.3, 0.4) is 0 Å². The number of nitrogens with zero attached hydrogens (tertiary/aromatic N) is 1. The van der Waals surface area contributed by atoms with Gasteiger partial charge in [0.2, 0.25) is 6.79 Å².